The maximum absolute atomic E-state index is 12.7. The minimum absolute atomic E-state index is 0.224. The van der Waals surface area contributed by atoms with Crippen LogP contribution in [0.25, 0.3) is 0 Å². The number of amides is 1. The molecular weight excluding hydrogens is 285 g/mol. The van der Waals surface area contributed by atoms with Crippen molar-refractivity contribution < 1.29 is 18.7 Å². The molecular formula is C17H20FNO3. The Morgan fingerprint density at radius 3 is 2.64 bits per heavy atom. The summed E-state index contributed by atoms with van der Waals surface area (Å²) in [4.78, 5) is 23.3. The van der Waals surface area contributed by atoms with Crippen LogP contribution in [-0.2, 0) is 9.53 Å². The summed E-state index contributed by atoms with van der Waals surface area (Å²) in [5.74, 6) is -1.39. The van der Waals surface area contributed by atoms with Crippen LogP contribution in [0.1, 0.15) is 42.5 Å². The van der Waals surface area contributed by atoms with Crippen molar-refractivity contribution in [1.82, 2.24) is 5.32 Å². The number of rotatable bonds is 6. The number of esters is 1. The zero-order chi connectivity index (χ0) is 15.8. The second kappa shape index (κ2) is 8.32. The number of nitrogens with one attached hydrogen (secondary N) is 1. The van der Waals surface area contributed by atoms with Gasteiger partial charge in [0.25, 0.3) is 5.91 Å². The minimum Gasteiger partial charge on any atom is -0.452 e. The number of carbonyl (C=O) groups is 2. The van der Waals surface area contributed by atoms with Crippen LogP contribution >= 0.6 is 0 Å². The van der Waals surface area contributed by atoms with Crippen LogP contribution in [0.4, 0.5) is 4.39 Å². The van der Waals surface area contributed by atoms with E-state index in [9.17, 15) is 14.0 Å². The zero-order valence-corrected chi connectivity index (χ0v) is 12.4. The van der Waals surface area contributed by atoms with Crippen LogP contribution in [0.5, 0.6) is 0 Å². The maximum Gasteiger partial charge on any atom is 0.338 e. The van der Waals surface area contributed by atoms with Gasteiger partial charge in [0.15, 0.2) is 6.61 Å². The number of hydrogen-bond acceptors (Lipinski definition) is 3. The Morgan fingerprint density at radius 1 is 1.18 bits per heavy atom. The third-order valence-corrected chi connectivity index (χ3v) is 3.57. The second-order valence-corrected chi connectivity index (χ2v) is 5.29. The number of allylic oxidation sites excluding steroid dienone is 1. The molecule has 0 spiro atoms. The summed E-state index contributed by atoms with van der Waals surface area (Å²) in [6.07, 6.45) is 7.78. The van der Waals surface area contributed by atoms with Crippen molar-refractivity contribution in [3.63, 3.8) is 0 Å². The molecule has 0 radical (unpaired) electrons. The molecule has 4 nitrogen and oxygen atoms in total. The average Bonchev–Trinajstić information content (AvgIpc) is 2.54. The van der Waals surface area contributed by atoms with E-state index >= 15 is 0 Å². The van der Waals surface area contributed by atoms with Gasteiger partial charge in [0, 0.05) is 6.54 Å². The fourth-order valence-corrected chi connectivity index (χ4v) is 2.35. The average molecular weight is 305 g/mol. The lowest BCUT2D eigenvalue weighted by atomic mass is 9.97. The molecule has 1 aromatic rings. The quantitative estimate of drug-likeness (QED) is 0.649. The number of carbonyl (C=O) groups excluding carboxylic acids is 2. The number of benzene rings is 1. The molecule has 22 heavy (non-hydrogen) atoms. The van der Waals surface area contributed by atoms with Crippen molar-refractivity contribution >= 4 is 11.9 Å². The summed E-state index contributed by atoms with van der Waals surface area (Å²) in [6, 6.07) is 5.00. The van der Waals surface area contributed by atoms with Crippen molar-refractivity contribution in [2.45, 2.75) is 32.1 Å². The van der Waals surface area contributed by atoms with Gasteiger partial charge in [-0.1, -0.05) is 11.6 Å². The monoisotopic (exact) mass is 305 g/mol. The van der Waals surface area contributed by atoms with Gasteiger partial charge >= 0.3 is 5.97 Å². The van der Waals surface area contributed by atoms with E-state index in [-0.39, 0.29) is 18.1 Å². The van der Waals surface area contributed by atoms with Crippen molar-refractivity contribution in [2.24, 2.45) is 0 Å². The van der Waals surface area contributed by atoms with Gasteiger partial charge in [0.1, 0.15) is 5.82 Å². The van der Waals surface area contributed by atoms with E-state index in [1.807, 2.05) is 0 Å². The maximum atomic E-state index is 12.7. The second-order valence-electron chi connectivity index (χ2n) is 5.29. The van der Waals surface area contributed by atoms with Crippen LogP contribution < -0.4 is 5.32 Å². The van der Waals surface area contributed by atoms with Gasteiger partial charge in [-0.25, -0.2) is 9.18 Å². The summed E-state index contributed by atoms with van der Waals surface area (Å²) in [7, 11) is 0. The van der Waals surface area contributed by atoms with Gasteiger partial charge in [-0.2, -0.15) is 0 Å². The van der Waals surface area contributed by atoms with Crippen molar-refractivity contribution in [1.29, 1.82) is 0 Å². The number of hydrogen-bond donors (Lipinski definition) is 1. The Bertz CT molecular complexity index is 552. The molecule has 0 saturated carbocycles. The molecule has 0 fully saturated rings. The van der Waals surface area contributed by atoms with Gasteiger partial charge in [-0.15, -0.1) is 0 Å². The fraction of sp³-hybridized carbons (Fsp3) is 0.412. The van der Waals surface area contributed by atoms with Crippen LogP contribution in [-0.4, -0.2) is 25.0 Å². The van der Waals surface area contributed by atoms with E-state index in [1.54, 1.807) is 0 Å². The fourth-order valence-electron chi connectivity index (χ4n) is 2.35. The first-order chi connectivity index (χ1) is 10.6. The normalized spacial score (nSPS) is 14.1. The highest BCUT2D eigenvalue weighted by atomic mass is 19.1. The molecule has 1 N–H and O–H groups in total. The molecule has 1 aliphatic carbocycles. The van der Waals surface area contributed by atoms with Gasteiger partial charge < -0.3 is 10.1 Å². The summed E-state index contributed by atoms with van der Waals surface area (Å²) in [5, 5.41) is 2.73. The summed E-state index contributed by atoms with van der Waals surface area (Å²) in [6.45, 7) is 0.230. The SMILES string of the molecule is O=C(COC(=O)c1ccc(F)cc1)NCCC1=CCCCC1. The largest absolute Gasteiger partial charge is 0.452 e. The van der Waals surface area contributed by atoms with Crippen molar-refractivity contribution in [3.8, 4) is 0 Å². The van der Waals surface area contributed by atoms with E-state index in [4.69, 9.17) is 4.74 Å². The third-order valence-electron chi connectivity index (χ3n) is 3.57. The van der Waals surface area contributed by atoms with E-state index < -0.39 is 11.8 Å². The van der Waals surface area contributed by atoms with Gasteiger partial charge in [-0.05, 0) is 56.4 Å². The molecule has 5 heteroatoms. The lowest BCUT2D eigenvalue weighted by Crippen LogP contribution is -2.29. The van der Waals surface area contributed by atoms with Gasteiger partial charge in [0.05, 0.1) is 5.56 Å². The topological polar surface area (TPSA) is 55.4 Å². The molecule has 0 aromatic heterocycles. The lowest BCUT2D eigenvalue weighted by Gasteiger charge is -2.13. The van der Waals surface area contributed by atoms with E-state index in [1.165, 1.54) is 42.7 Å². The Kier molecular flexibility index (Phi) is 6.13. The van der Waals surface area contributed by atoms with E-state index in [0.29, 0.717) is 6.54 Å². The molecule has 0 unspecified atom stereocenters. The van der Waals surface area contributed by atoms with Crippen LogP contribution in [0, 0.1) is 5.82 Å². The molecule has 2 rings (SSSR count). The smallest absolute Gasteiger partial charge is 0.338 e. The predicted molar refractivity (Wildman–Crippen MR) is 80.9 cm³/mol. The predicted octanol–water partition coefficient (Wildman–Crippen LogP) is 2.99. The van der Waals surface area contributed by atoms with Crippen molar-refractivity contribution in [3.05, 3.63) is 47.3 Å². The first-order valence-electron chi connectivity index (χ1n) is 7.52. The van der Waals surface area contributed by atoms with Gasteiger partial charge in [-0.3, -0.25) is 4.79 Å². The van der Waals surface area contributed by atoms with Crippen LogP contribution in [0.2, 0.25) is 0 Å². The Morgan fingerprint density at radius 2 is 1.95 bits per heavy atom. The Labute approximate surface area is 129 Å². The minimum atomic E-state index is -0.634. The Balaban J connectivity index is 1.65. The molecule has 118 valence electrons. The van der Waals surface area contributed by atoms with Crippen LogP contribution in [0.3, 0.4) is 0 Å². The molecule has 0 saturated heterocycles. The first kappa shape index (κ1) is 16.2. The molecule has 1 aliphatic rings. The summed E-state index contributed by atoms with van der Waals surface area (Å²) < 4.78 is 17.6. The highest BCUT2D eigenvalue weighted by molar-refractivity contribution is 5.91. The van der Waals surface area contributed by atoms with Gasteiger partial charge in [0.2, 0.25) is 0 Å². The van der Waals surface area contributed by atoms with Crippen LogP contribution in [0.15, 0.2) is 35.9 Å². The van der Waals surface area contributed by atoms with Crippen molar-refractivity contribution in [2.75, 3.05) is 13.2 Å². The molecule has 0 aliphatic heterocycles. The standard InChI is InChI=1S/C17H20FNO3/c18-15-8-6-14(7-9-15)17(21)22-12-16(20)19-11-10-13-4-2-1-3-5-13/h4,6-9H,1-3,5,10-12H2,(H,19,20). The number of halogens is 1. The highest BCUT2D eigenvalue weighted by Gasteiger charge is 2.10. The molecule has 1 amide bonds. The Hall–Kier alpha value is -2.17. The molecule has 0 bridgehead atoms. The van der Waals surface area contributed by atoms with E-state index in [0.717, 1.165) is 19.3 Å². The molecule has 0 atom stereocenters. The number of ether oxygens (including phenoxy) is 1. The zero-order valence-electron chi connectivity index (χ0n) is 12.4. The van der Waals surface area contributed by atoms with E-state index in [2.05, 4.69) is 11.4 Å². The molecule has 1 aromatic carbocycles. The highest BCUT2D eigenvalue weighted by Crippen LogP contribution is 2.19. The third kappa shape index (κ3) is 5.31. The lowest BCUT2D eigenvalue weighted by molar-refractivity contribution is -0.124. The first-order valence-corrected chi connectivity index (χ1v) is 7.52. The summed E-state index contributed by atoms with van der Waals surface area (Å²) in [5.41, 5.74) is 1.61. The molecule has 0 heterocycles. The summed E-state index contributed by atoms with van der Waals surface area (Å²) >= 11 is 0.